The van der Waals surface area contributed by atoms with E-state index in [-0.39, 0.29) is 6.04 Å². The van der Waals surface area contributed by atoms with Crippen molar-refractivity contribution in [2.24, 2.45) is 0 Å². The van der Waals surface area contributed by atoms with Gasteiger partial charge in [0.2, 0.25) is 5.91 Å². The molecule has 2 fully saturated rings. The predicted octanol–water partition coefficient (Wildman–Crippen LogP) is 0.786. The third kappa shape index (κ3) is 3.24. The van der Waals surface area contributed by atoms with Gasteiger partial charge >= 0.3 is 0 Å². The molecule has 0 radical (unpaired) electrons. The molecule has 3 heterocycles. The largest absolute Gasteiger partial charge is 0.339 e. The van der Waals surface area contributed by atoms with Crippen molar-refractivity contribution in [1.82, 2.24) is 20.1 Å². The van der Waals surface area contributed by atoms with Gasteiger partial charge in [0, 0.05) is 45.1 Å². The van der Waals surface area contributed by atoms with E-state index in [9.17, 15) is 4.79 Å². The molecule has 21 heavy (non-hydrogen) atoms. The van der Waals surface area contributed by atoms with Crippen LogP contribution in [0.3, 0.4) is 0 Å². The summed E-state index contributed by atoms with van der Waals surface area (Å²) in [4.78, 5) is 21.3. The molecule has 2 aliphatic rings. The van der Waals surface area contributed by atoms with Crippen LogP contribution >= 0.6 is 0 Å². The second kappa shape index (κ2) is 6.54. The van der Waals surface area contributed by atoms with Gasteiger partial charge in [0.05, 0.1) is 6.04 Å². The zero-order valence-electron chi connectivity index (χ0n) is 12.7. The molecule has 5 heteroatoms. The fourth-order valence-corrected chi connectivity index (χ4v) is 3.27. The number of carbonyl (C=O) groups excluding carboxylic acids is 1. The zero-order chi connectivity index (χ0) is 14.7. The Bertz CT molecular complexity index is 499. The molecule has 0 aromatic carbocycles. The Kier molecular flexibility index (Phi) is 4.51. The van der Waals surface area contributed by atoms with Gasteiger partial charge in [-0.1, -0.05) is 0 Å². The van der Waals surface area contributed by atoms with Crippen molar-refractivity contribution >= 4 is 5.91 Å². The van der Waals surface area contributed by atoms with Gasteiger partial charge in [-0.05, 0) is 43.5 Å². The summed E-state index contributed by atoms with van der Waals surface area (Å²) >= 11 is 0. The van der Waals surface area contributed by atoms with Gasteiger partial charge in [0.25, 0.3) is 0 Å². The number of aromatic nitrogens is 1. The van der Waals surface area contributed by atoms with E-state index in [2.05, 4.69) is 22.1 Å². The topological polar surface area (TPSA) is 48.5 Å². The standard InChI is InChI=1S/C16H24N4O/c1-13-4-5-18-11-14(13)12-20-8-2-3-15(20)16(21)19-9-6-17-7-10-19/h4-5,11,15,17H,2-3,6-10,12H2,1H3. The molecule has 1 amide bonds. The maximum atomic E-state index is 12.7. The third-order valence-electron chi connectivity index (χ3n) is 4.60. The van der Waals surface area contributed by atoms with E-state index in [0.717, 1.165) is 52.1 Å². The molecule has 5 nitrogen and oxygen atoms in total. The number of amides is 1. The maximum absolute atomic E-state index is 12.7. The number of pyridine rings is 1. The molecule has 3 rings (SSSR count). The van der Waals surface area contributed by atoms with Crippen LogP contribution in [0.15, 0.2) is 18.5 Å². The lowest BCUT2D eigenvalue weighted by Gasteiger charge is -2.33. The molecule has 2 saturated heterocycles. The van der Waals surface area contributed by atoms with Crippen LogP contribution in [0.5, 0.6) is 0 Å². The van der Waals surface area contributed by atoms with Crippen molar-refractivity contribution in [1.29, 1.82) is 0 Å². The Morgan fingerprint density at radius 1 is 1.38 bits per heavy atom. The summed E-state index contributed by atoms with van der Waals surface area (Å²) in [6.45, 7) is 7.48. The second-order valence-corrected chi connectivity index (χ2v) is 6.01. The van der Waals surface area contributed by atoms with Gasteiger partial charge in [-0.25, -0.2) is 0 Å². The number of nitrogens with one attached hydrogen (secondary N) is 1. The molecule has 1 unspecified atom stereocenters. The molecule has 0 spiro atoms. The zero-order valence-corrected chi connectivity index (χ0v) is 12.7. The summed E-state index contributed by atoms with van der Waals surface area (Å²) in [5, 5.41) is 3.30. The van der Waals surface area contributed by atoms with Crippen molar-refractivity contribution in [2.75, 3.05) is 32.7 Å². The summed E-state index contributed by atoms with van der Waals surface area (Å²) in [5.41, 5.74) is 2.49. The van der Waals surface area contributed by atoms with Crippen molar-refractivity contribution in [3.05, 3.63) is 29.6 Å². The number of piperazine rings is 1. The fraction of sp³-hybridized carbons (Fsp3) is 0.625. The van der Waals surface area contributed by atoms with E-state index in [1.165, 1.54) is 11.1 Å². The first kappa shape index (κ1) is 14.5. The smallest absolute Gasteiger partial charge is 0.240 e. The van der Waals surface area contributed by atoms with E-state index in [1.54, 1.807) is 0 Å². The molecule has 0 aliphatic carbocycles. The predicted molar refractivity (Wildman–Crippen MR) is 81.9 cm³/mol. The number of rotatable bonds is 3. The number of nitrogens with zero attached hydrogens (tertiary/aromatic N) is 3. The monoisotopic (exact) mass is 288 g/mol. The van der Waals surface area contributed by atoms with Crippen LogP contribution in [-0.2, 0) is 11.3 Å². The van der Waals surface area contributed by atoms with Crippen LogP contribution in [0.1, 0.15) is 24.0 Å². The Labute approximate surface area is 126 Å². The van der Waals surface area contributed by atoms with Crippen LogP contribution in [0.2, 0.25) is 0 Å². The molecule has 1 aromatic rings. The fourth-order valence-electron chi connectivity index (χ4n) is 3.27. The number of hydrogen-bond acceptors (Lipinski definition) is 4. The van der Waals surface area contributed by atoms with Crippen LogP contribution in [0.25, 0.3) is 0 Å². The molecule has 0 saturated carbocycles. The van der Waals surface area contributed by atoms with E-state index in [0.29, 0.717) is 5.91 Å². The molecule has 114 valence electrons. The Balaban J connectivity index is 1.67. The van der Waals surface area contributed by atoms with Crippen LogP contribution in [-0.4, -0.2) is 59.5 Å². The van der Waals surface area contributed by atoms with Gasteiger partial charge in [0.1, 0.15) is 0 Å². The Morgan fingerprint density at radius 2 is 2.19 bits per heavy atom. The molecule has 0 bridgehead atoms. The van der Waals surface area contributed by atoms with Crippen LogP contribution in [0.4, 0.5) is 0 Å². The molecule has 1 atom stereocenters. The van der Waals surface area contributed by atoms with Gasteiger partial charge < -0.3 is 10.2 Å². The van der Waals surface area contributed by atoms with Crippen molar-refractivity contribution < 1.29 is 4.79 Å². The highest BCUT2D eigenvalue weighted by Gasteiger charge is 2.34. The summed E-state index contributed by atoms with van der Waals surface area (Å²) < 4.78 is 0. The van der Waals surface area contributed by atoms with Crippen molar-refractivity contribution in [2.45, 2.75) is 32.4 Å². The van der Waals surface area contributed by atoms with Gasteiger partial charge in [0.15, 0.2) is 0 Å². The quantitative estimate of drug-likeness (QED) is 0.893. The Hall–Kier alpha value is -1.46. The maximum Gasteiger partial charge on any atom is 0.240 e. The first-order valence-corrected chi connectivity index (χ1v) is 7.89. The molecular formula is C16H24N4O. The van der Waals surface area contributed by atoms with Gasteiger partial charge in [-0.2, -0.15) is 0 Å². The number of likely N-dealkylation sites (tertiary alicyclic amines) is 1. The minimum Gasteiger partial charge on any atom is -0.339 e. The number of aryl methyl sites for hydroxylation is 1. The summed E-state index contributed by atoms with van der Waals surface area (Å²) in [6.07, 6.45) is 5.86. The van der Waals surface area contributed by atoms with Gasteiger partial charge in [-0.3, -0.25) is 14.7 Å². The lowest BCUT2D eigenvalue weighted by molar-refractivity contribution is -0.136. The van der Waals surface area contributed by atoms with Crippen molar-refractivity contribution in [3.63, 3.8) is 0 Å². The molecule has 2 aliphatic heterocycles. The lowest BCUT2D eigenvalue weighted by atomic mass is 10.1. The highest BCUT2D eigenvalue weighted by molar-refractivity contribution is 5.82. The van der Waals surface area contributed by atoms with E-state index in [1.807, 2.05) is 23.4 Å². The Morgan fingerprint density at radius 3 is 2.95 bits per heavy atom. The van der Waals surface area contributed by atoms with Gasteiger partial charge in [-0.15, -0.1) is 0 Å². The normalized spacial score (nSPS) is 23.5. The average molecular weight is 288 g/mol. The van der Waals surface area contributed by atoms with E-state index < -0.39 is 0 Å². The highest BCUT2D eigenvalue weighted by atomic mass is 16.2. The van der Waals surface area contributed by atoms with E-state index in [4.69, 9.17) is 0 Å². The minimum absolute atomic E-state index is 0.0581. The number of carbonyl (C=O) groups is 1. The first-order valence-electron chi connectivity index (χ1n) is 7.89. The SMILES string of the molecule is Cc1ccncc1CN1CCCC1C(=O)N1CCNCC1. The summed E-state index contributed by atoms with van der Waals surface area (Å²) in [6, 6.07) is 2.10. The molecular weight excluding hydrogens is 264 g/mol. The summed E-state index contributed by atoms with van der Waals surface area (Å²) in [7, 11) is 0. The van der Waals surface area contributed by atoms with Crippen LogP contribution < -0.4 is 5.32 Å². The second-order valence-electron chi connectivity index (χ2n) is 6.01. The first-order chi connectivity index (χ1) is 10.3. The minimum atomic E-state index is 0.0581. The summed E-state index contributed by atoms with van der Waals surface area (Å²) in [5.74, 6) is 0.315. The number of hydrogen-bond donors (Lipinski definition) is 1. The average Bonchev–Trinajstić information content (AvgIpc) is 2.98. The highest BCUT2D eigenvalue weighted by Crippen LogP contribution is 2.22. The van der Waals surface area contributed by atoms with Crippen molar-refractivity contribution in [3.8, 4) is 0 Å². The molecule has 1 N–H and O–H groups in total. The van der Waals surface area contributed by atoms with Crippen LogP contribution in [0, 0.1) is 6.92 Å². The lowest BCUT2D eigenvalue weighted by Crippen LogP contribution is -2.52. The van der Waals surface area contributed by atoms with E-state index >= 15 is 0 Å². The third-order valence-corrected chi connectivity index (χ3v) is 4.60. The molecule has 1 aromatic heterocycles.